The van der Waals surface area contributed by atoms with Crippen molar-refractivity contribution >= 4 is 27.2 Å². The van der Waals surface area contributed by atoms with E-state index < -0.39 is 5.82 Å². The van der Waals surface area contributed by atoms with Gasteiger partial charge in [-0.2, -0.15) is 0 Å². The molecule has 30 heavy (non-hydrogen) atoms. The van der Waals surface area contributed by atoms with Crippen LogP contribution in [0.15, 0.2) is 42.7 Å². The van der Waals surface area contributed by atoms with Crippen LogP contribution < -0.4 is 15.8 Å². The van der Waals surface area contributed by atoms with Gasteiger partial charge in [0, 0.05) is 51.3 Å². The van der Waals surface area contributed by atoms with Gasteiger partial charge in [-0.15, -0.1) is 11.3 Å². The van der Waals surface area contributed by atoms with Crippen molar-refractivity contribution in [3.05, 3.63) is 54.2 Å². The second-order valence-corrected chi connectivity index (χ2v) is 7.78. The molecular formula is C21H22FN5O2S. The molecule has 0 bridgehead atoms. The minimum atomic E-state index is -0.508. The second-order valence-electron chi connectivity index (χ2n) is 6.73. The summed E-state index contributed by atoms with van der Waals surface area (Å²) in [7, 11) is 3.66. The number of nitrogens with zero attached hydrogens (tertiary/aromatic N) is 3. The van der Waals surface area contributed by atoms with Crippen LogP contribution in [0.4, 0.5) is 10.1 Å². The molecule has 156 valence electrons. The highest BCUT2D eigenvalue weighted by Crippen LogP contribution is 2.39. The highest BCUT2D eigenvalue weighted by atomic mass is 32.1. The maximum absolute atomic E-state index is 14.2. The van der Waals surface area contributed by atoms with Crippen LogP contribution in [-0.2, 0) is 18.3 Å². The Hall–Kier alpha value is -3.01. The number of anilines is 1. The van der Waals surface area contributed by atoms with E-state index in [1.165, 1.54) is 23.5 Å². The van der Waals surface area contributed by atoms with Crippen LogP contribution in [0.2, 0.25) is 0 Å². The van der Waals surface area contributed by atoms with Crippen molar-refractivity contribution in [2.75, 3.05) is 26.0 Å². The lowest BCUT2D eigenvalue weighted by Gasteiger charge is -2.08. The van der Waals surface area contributed by atoms with Crippen molar-refractivity contribution in [2.24, 2.45) is 7.05 Å². The fourth-order valence-corrected chi connectivity index (χ4v) is 4.15. The maximum Gasteiger partial charge on any atom is 0.167 e. The molecule has 0 unspecified atom stereocenters. The van der Waals surface area contributed by atoms with Gasteiger partial charge in [-0.25, -0.2) is 9.37 Å². The number of rotatable bonds is 8. The van der Waals surface area contributed by atoms with Gasteiger partial charge >= 0.3 is 0 Å². The number of pyridine rings is 1. The van der Waals surface area contributed by atoms with E-state index in [1.54, 1.807) is 25.4 Å². The van der Waals surface area contributed by atoms with E-state index in [0.29, 0.717) is 24.6 Å². The number of halogens is 1. The third-order valence-corrected chi connectivity index (χ3v) is 5.78. The van der Waals surface area contributed by atoms with Crippen molar-refractivity contribution in [2.45, 2.75) is 6.54 Å². The number of nitrogens with one attached hydrogen (secondary N) is 1. The Morgan fingerprint density at radius 1 is 1.20 bits per heavy atom. The average molecular weight is 428 g/mol. The van der Waals surface area contributed by atoms with Crippen molar-refractivity contribution in [3.63, 3.8) is 0 Å². The van der Waals surface area contributed by atoms with E-state index >= 15 is 0 Å². The van der Waals surface area contributed by atoms with Gasteiger partial charge in [0.25, 0.3) is 0 Å². The molecule has 0 aliphatic carbocycles. The van der Waals surface area contributed by atoms with Crippen molar-refractivity contribution in [3.8, 4) is 22.2 Å². The molecule has 0 radical (unpaired) electrons. The highest BCUT2D eigenvalue weighted by Gasteiger charge is 2.16. The number of ether oxygens (including phenoxy) is 2. The number of hydrogen-bond donors (Lipinski definition) is 2. The Morgan fingerprint density at radius 2 is 2.07 bits per heavy atom. The van der Waals surface area contributed by atoms with Crippen LogP contribution in [0, 0.1) is 5.82 Å². The maximum atomic E-state index is 14.2. The molecule has 3 N–H and O–H groups in total. The monoisotopic (exact) mass is 427 g/mol. The molecule has 0 saturated heterocycles. The molecule has 4 aromatic rings. The van der Waals surface area contributed by atoms with Gasteiger partial charge < -0.3 is 25.1 Å². The number of nitrogen functional groups attached to an aromatic ring is 1. The molecule has 3 aromatic heterocycles. The van der Waals surface area contributed by atoms with Gasteiger partial charge in [0.05, 0.1) is 33.6 Å². The molecule has 7 nitrogen and oxygen atoms in total. The summed E-state index contributed by atoms with van der Waals surface area (Å²) in [6.45, 7) is 2.12. The summed E-state index contributed by atoms with van der Waals surface area (Å²) in [6.07, 6.45) is 3.50. The van der Waals surface area contributed by atoms with E-state index in [1.807, 2.05) is 23.9 Å². The van der Waals surface area contributed by atoms with Crippen molar-refractivity contribution in [1.29, 1.82) is 0 Å². The van der Waals surface area contributed by atoms with Gasteiger partial charge in [-0.1, -0.05) is 0 Å². The molecule has 9 heteroatoms. The lowest BCUT2D eigenvalue weighted by molar-refractivity contribution is 0.199. The number of nitrogens with two attached hydrogens (primary N) is 1. The quantitative estimate of drug-likeness (QED) is 0.327. The number of imidazole rings is 1. The van der Waals surface area contributed by atoms with E-state index in [0.717, 1.165) is 33.2 Å². The molecule has 3 heterocycles. The first-order valence-electron chi connectivity index (χ1n) is 9.39. The smallest absolute Gasteiger partial charge is 0.167 e. The largest absolute Gasteiger partial charge is 0.453 e. The van der Waals surface area contributed by atoms with Crippen LogP contribution in [0.1, 0.15) is 5.69 Å². The average Bonchev–Trinajstić information content (AvgIpc) is 3.31. The molecule has 4 rings (SSSR count). The highest BCUT2D eigenvalue weighted by molar-refractivity contribution is 7.22. The second kappa shape index (κ2) is 8.78. The van der Waals surface area contributed by atoms with Crippen LogP contribution in [0.25, 0.3) is 20.9 Å². The molecular weight excluding hydrogens is 405 g/mol. The van der Waals surface area contributed by atoms with Gasteiger partial charge in [0.1, 0.15) is 11.6 Å². The first-order chi connectivity index (χ1) is 14.6. The Labute approximate surface area is 177 Å². The molecule has 1 aromatic carbocycles. The van der Waals surface area contributed by atoms with Crippen LogP contribution in [-0.4, -0.2) is 34.8 Å². The molecule has 0 amide bonds. The van der Waals surface area contributed by atoms with E-state index in [2.05, 4.69) is 15.3 Å². The van der Waals surface area contributed by atoms with Crippen LogP contribution in [0.5, 0.6) is 11.5 Å². The number of fused-ring (bicyclic) bond motifs is 1. The van der Waals surface area contributed by atoms with Crippen LogP contribution >= 0.6 is 11.3 Å². The number of methoxy groups -OCH3 is 1. The molecule has 0 saturated carbocycles. The standard InChI is InChI=1S/C21H22FN5O2S/c1-27-14(11-24-7-8-28-2)12-26-21(27)19-10-16-20(30-19)18(5-6-25-16)29-17-4-3-13(23)9-15(17)22/h3-6,9-10,12,24H,7-8,11,23H2,1-2H3. The Kier molecular flexibility index (Phi) is 5.93. The number of aromatic nitrogens is 3. The number of thiophene rings is 1. The molecule has 0 aliphatic rings. The fourth-order valence-electron chi connectivity index (χ4n) is 3.05. The SMILES string of the molecule is COCCNCc1cnc(-c2cc3nccc(Oc4ccc(N)cc4F)c3s2)n1C. The summed E-state index contributed by atoms with van der Waals surface area (Å²) < 4.78 is 27.9. The molecule has 0 fully saturated rings. The zero-order chi connectivity index (χ0) is 21.1. The normalized spacial score (nSPS) is 11.3. The topological polar surface area (TPSA) is 87.2 Å². The first kappa shape index (κ1) is 20.3. The summed E-state index contributed by atoms with van der Waals surface area (Å²) in [5.41, 5.74) is 7.80. The summed E-state index contributed by atoms with van der Waals surface area (Å²) in [5, 5.41) is 3.32. The Bertz CT molecular complexity index is 1170. The van der Waals surface area contributed by atoms with Crippen molar-refractivity contribution < 1.29 is 13.9 Å². The summed E-state index contributed by atoms with van der Waals surface area (Å²) in [5.74, 6) is 0.987. The third kappa shape index (κ3) is 4.13. The predicted molar refractivity (Wildman–Crippen MR) is 116 cm³/mol. The van der Waals surface area contributed by atoms with Gasteiger partial charge in [0.15, 0.2) is 11.6 Å². The number of benzene rings is 1. The van der Waals surface area contributed by atoms with E-state index in [-0.39, 0.29) is 5.75 Å². The minimum Gasteiger partial charge on any atom is -0.453 e. The minimum absolute atomic E-state index is 0.119. The summed E-state index contributed by atoms with van der Waals surface area (Å²) in [6, 6.07) is 8.06. The van der Waals surface area contributed by atoms with E-state index in [9.17, 15) is 4.39 Å². The zero-order valence-electron chi connectivity index (χ0n) is 16.7. The third-order valence-electron chi connectivity index (χ3n) is 4.65. The predicted octanol–water partition coefficient (Wildman–Crippen LogP) is 3.95. The molecule has 0 atom stereocenters. The lowest BCUT2D eigenvalue weighted by Crippen LogP contribution is -2.20. The molecule has 0 spiro atoms. The summed E-state index contributed by atoms with van der Waals surface area (Å²) >= 11 is 1.51. The fraction of sp³-hybridized carbons (Fsp3) is 0.238. The Morgan fingerprint density at radius 3 is 2.87 bits per heavy atom. The van der Waals surface area contributed by atoms with Gasteiger partial charge in [-0.05, 0) is 18.2 Å². The lowest BCUT2D eigenvalue weighted by atomic mass is 10.3. The first-order valence-corrected chi connectivity index (χ1v) is 10.2. The van der Waals surface area contributed by atoms with E-state index in [4.69, 9.17) is 15.2 Å². The Balaban J connectivity index is 1.61. The summed E-state index contributed by atoms with van der Waals surface area (Å²) in [4.78, 5) is 9.96. The van der Waals surface area contributed by atoms with Gasteiger partial charge in [0.2, 0.25) is 0 Å². The zero-order valence-corrected chi connectivity index (χ0v) is 17.5. The van der Waals surface area contributed by atoms with Gasteiger partial charge in [-0.3, -0.25) is 4.98 Å². The van der Waals surface area contributed by atoms with Crippen molar-refractivity contribution in [1.82, 2.24) is 19.9 Å². The van der Waals surface area contributed by atoms with Crippen LogP contribution in [0.3, 0.4) is 0 Å². The molecule has 0 aliphatic heterocycles. The number of hydrogen-bond acceptors (Lipinski definition) is 7.